The first-order chi connectivity index (χ1) is 25.0. The molecule has 0 rings (SSSR count). The number of methoxy groups -OCH3 is 1. The highest BCUT2D eigenvalue weighted by Gasteiger charge is 2.24. The van der Waals surface area contributed by atoms with Crippen LogP contribution in [-0.2, 0) is 23.1 Å². The van der Waals surface area contributed by atoms with Crippen molar-refractivity contribution in [1.82, 2.24) is 5.32 Å². The van der Waals surface area contributed by atoms with Crippen LogP contribution in [0.2, 0.25) is 0 Å². The standard InChI is InChI=1S/C43H87N2O6P/c1-7-9-11-13-15-17-19-21-22-23-25-27-29-31-33-35-37-43(46)44-41(40-51-52(47,48)50-39-38-45(3,4)5)42(49-6)36-34-32-30-28-26-24-20-18-16-14-12-10-8-2/h34,36,41-42H,7-33,35,37-40H2,1-6H3,(H-,44,46,47,48)/b36-34+. The second kappa shape index (κ2) is 35.9. The zero-order chi connectivity index (χ0) is 38.6. The molecular weight excluding hydrogens is 671 g/mol. The molecule has 0 fully saturated rings. The Morgan fingerprint density at radius 1 is 0.654 bits per heavy atom. The van der Waals surface area contributed by atoms with Crippen molar-refractivity contribution in [2.45, 2.75) is 212 Å². The Morgan fingerprint density at radius 2 is 1.06 bits per heavy atom. The summed E-state index contributed by atoms with van der Waals surface area (Å²) < 4.78 is 29.2. The van der Waals surface area contributed by atoms with Gasteiger partial charge in [0.25, 0.3) is 7.82 Å². The quantitative estimate of drug-likeness (QED) is 0.0289. The number of amides is 1. The van der Waals surface area contributed by atoms with E-state index in [-0.39, 0.29) is 19.1 Å². The normalized spacial score (nSPS) is 14.5. The van der Waals surface area contributed by atoms with E-state index >= 15 is 0 Å². The maximum Gasteiger partial charge on any atom is 0.268 e. The molecule has 0 aromatic carbocycles. The van der Waals surface area contributed by atoms with E-state index in [1.807, 2.05) is 27.2 Å². The number of rotatable bonds is 40. The van der Waals surface area contributed by atoms with Crippen LogP contribution in [0.1, 0.15) is 200 Å². The SMILES string of the molecule is CCCCCCCCCCCCC/C=C/C(OC)C(COP(=O)([O-])OCC[N+](C)(C)C)NC(=O)CCCCCCCCCCCCCCCCCC. The number of allylic oxidation sites excluding steroid dienone is 1. The topological polar surface area (TPSA) is 96.9 Å². The number of carbonyl (C=O) groups is 1. The summed E-state index contributed by atoms with van der Waals surface area (Å²) >= 11 is 0. The maximum atomic E-state index is 13.0. The Hall–Kier alpha value is -0.760. The van der Waals surface area contributed by atoms with Crippen LogP contribution in [0.5, 0.6) is 0 Å². The first-order valence-corrected chi connectivity index (χ1v) is 23.4. The van der Waals surface area contributed by atoms with Gasteiger partial charge in [-0.05, 0) is 19.3 Å². The third kappa shape index (κ3) is 36.2. The molecule has 52 heavy (non-hydrogen) atoms. The van der Waals surface area contributed by atoms with Crippen molar-refractivity contribution in [1.29, 1.82) is 0 Å². The number of nitrogens with zero attached hydrogens (tertiary/aromatic N) is 1. The van der Waals surface area contributed by atoms with Gasteiger partial charge in [-0.2, -0.15) is 0 Å². The second-order valence-electron chi connectivity index (χ2n) is 16.3. The number of hydrogen-bond donors (Lipinski definition) is 1. The summed E-state index contributed by atoms with van der Waals surface area (Å²) in [5.41, 5.74) is 0. The number of hydrogen-bond acceptors (Lipinski definition) is 6. The van der Waals surface area contributed by atoms with Crippen LogP contribution in [0, 0.1) is 0 Å². The number of nitrogens with one attached hydrogen (secondary N) is 1. The van der Waals surface area contributed by atoms with E-state index in [4.69, 9.17) is 13.8 Å². The first kappa shape index (κ1) is 51.2. The predicted octanol–water partition coefficient (Wildman–Crippen LogP) is 11.6. The molecule has 0 aliphatic heterocycles. The zero-order valence-corrected chi connectivity index (χ0v) is 36.2. The molecule has 0 aromatic heterocycles. The smallest absolute Gasteiger partial charge is 0.268 e. The fourth-order valence-corrected chi connectivity index (χ4v) is 7.22. The molecule has 0 radical (unpaired) electrons. The van der Waals surface area contributed by atoms with Crippen molar-refractivity contribution < 1.29 is 32.5 Å². The summed E-state index contributed by atoms with van der Waals surface area (Å²) in [7, 11) is 2.96. The third-order valence-electron chi connectivity index (χ3n) is 10.00. The Bertz CT molecular complexity index is 865. The van der Waals surface area contributed by atoms with E-state index in [2.05, 4.69) is 25.2 Å². The van der Waals surface area contributed by atoms with E-state index in [1.165, 1.54) is 148 Å². The van der Waals surface area contributed by atoms with Gasteiger partial charge in [0.1, 0.15) is 13.2 Å². The summed E-state index contributed by atoms with van der Waals surface area (Å²) in [5.74, 6) is -0.105. The lowest BCUT2D eigenvalue weighted by Crippen LogP contribution is -2.46. The molecule has 3 unspecified atom stereocenters. The van der Waals surface area contributed by atoms with Gasteiger partial charge in [0.15, 0.2) is 0 Å². The van der Waals surface area contributed by atoms with Gasteiger partial charge in [-0.1, -0.05) is 187 Å². The molecule has 0 aromatic rings. The van der Waals surface area contributed by atoms with Crippen molar-refractivity contribution in [2.24, 2.45) is 0 Å². The van der Waals surface area contributed by atoms with Crippen LogP contribution in [0.3, 0.4) is 0 Å². The van der Waals surface area contributed by atoms with Gasteiger partial charge in [-0.3, -0.25) is 9.36 Å². The number of likely N-dealkylation sites (N-methyl/N-ethyl adjacent to an activating group) is 1. The minimum absolute atomic E-state index is 0.0348. The van der Waals surface area contributed by atoms with Gasteiger partial charge in [0.2, 0.25) is 5.91 Å². The molecule has 9 heteroatoms. The van der Waals surface area contributed by atoms with Crippen molar-refractivity contribution in [3.63, 3.8) is 0 Å². The van der Waals surface area contributed by atoms with Gasteiger partial charge >= 0.3 is 0 Å². The fraction of sp³-hybridized carbons (Fsp3) is 0.930. The molecule has 3 atom stereocenters. The van der Waals surface area contributed by atoms with E-state index < -0.39 is 20.0 Å². The van der Waals surface area contributed by atoms with Crippen LogP contribution < -0.4 is 10.2 Å². The van der Waals surface area contributed by atoms with E-state index in [9.17, 15) is 14.3 Å². The molecular formula is C43H87N2O6P. The Balaban J connectivity index is 4.54. The molecule has 0 aliphatic carbocycles. The first-order valence-electron chi connectivity index (χ1n) is 21.9. The minimum Gasteiger partial charge on any atom is -0.756 e. The number of quaternary nitrogens is 1. The Morgan fingerprint density at radius 3 is 1.46 bits per heavy atom. The Labute approximate surface area is 323 Å². The molecule has 1 N–H and O–H groups in total. The molecule has 0 aliphatic rings. The summed E-state index contributed by atoms with van der Waals surface area (Å²) in [6.07, 6.45) is 39.8. The summed E-state index contributed by atoms with van der Waals surface area (Å²) in [5, 5.41) is 3.01. The third-order valence-corrected chi connectivity index (χ3v) is 11.0. The van der Waals surface area contributed by atoms with Gasteiger partial charge in [0.05, 0.1) is 39.9 Å². The van der Waals surface area contributed by atoms with E-state index in [1.54, 1.807) is 7.11 Å². The van der Waals surface area contributed by atoms with Crippen molar-refractivity contribution in [3.8, 4) is 0 Å². The van der Waals surface area contributed by atoms with Crippen molar-refractivity contribution in [3.05, 3.63) is 12.2 Å². The zero-order valence-electron chi connectivity index (χ0n) is 35.3. The number of unbranched alkanes of at least 4 members (excludes halogenated alkanes) is 26. The average molecular weight is 759 g/mol. The molecule has 0 bridgehead atoms. The Kier molecular flexibility index (Phi) is 35.4. The molecule has 1 amide bonds. The molecule has 0 heterocycles. The van der Waals surface area contributed by atoms with Crippen LogP contribution in [0.4, 0.5) is 0 Å². The van der Waals surface area contributed by atoms with Gasteiger partial charge in [-0.15, -0.1) is 0 Å². The number of ether oxygens (including phenoxy) is 1. The predicted molar refractivity (Wildman–Crippen MR) is 220 cm³/mol. The highest BCUT2D eigenvalue weighted by atomic mass is 31.2. The lowest BCUT2D eigenvalue weighted by atomic mass is 10.0. The largest absolute Gasteiger partial charge is 0.756 e. The van der Waals surface area contributed by atoms with Crippen LogP contribution in [0.15, 0.2) is 12.2 Å². The number of phosphoric ester groups is 1. The number of carbonyl (C=O) groups excluding carboxylic acids is 1. The molecule has 310 valence electrons. The monoisotopic (exact) mass is 759 g/mol. The summed E-state index contributed by atoms with van der Waals surface area (Å²) in [4.78, 5) is 25.5. The van der Waals surface area contributed by atoms with Crippen LogP contribution >= 0.6 is 7.82 Å². The van der Waals surface area contributed by atoms with Gasteiger partial charge < -0.3 is 28.5 Å². The molecule has 8 nitrogen and oxygen atoms in total. The molecule has 0 spiro atoms. The van der Waals surface area contributed by atoms with Gasteiger partial charge in [0, 0.05) is 13.5 Å². The second-order valence-corrected chi connectivity index (χ2v) is 17.7. The fourth-order valence-electron chi connectivity index (χ4n) is 6.50. The lowest BCUT2D eigenvalue weighted by molar-refractivity contribution is -0.870. The minimum atomic E-state index is -4.53. The number of phosphoric acid groups is 1. The molecule has 0 saturated carbocycles. The summed E-state index contributed by atoms with van der Waals surface area (Å²) in [6.45, 7) is 4.86. The van der Waals surface area contributed by atoms with Crippen LogP contribution in [0.25, 0.3) is 0 Å². The van der Waals surface area contributed by atoms with Crippen molar-refractivity contribution >= 4 is 13.7 Å². The van der Waals surface area contributed by atoms with Crippen molar-refractivity contribution in [2.75, 3.05) is 48.0 Å². The van der Waals surface area contributed by atoms with Crippen LogP contribution in [-0.4, -0.2) is 70.5 Å². The van der Waals surface area contributed by atoms with Gasteiger partial charge in [-0.25, -0.2) is 0 Å². The molecule has 0 saturated heterocycles. The van der Waals surface area contributed by atoms with E-state index in [0.717, 1.165) is 32.1 Å². The average Bonchev–Trinajstić information content (AvgIpc) is 3.09. The highest BCUT2D eigenvalue weighted by Crippen LogP contribution is 2.38. The maximum absolute atomic E-state index is 13.0. The lowest BCUT2D eigenvalue weighted by Gasteiger charge is -2.30. The summed E-state index contributed by atoms with van der Waals surface area (Å²) in [6, 6.07) is -0.642. The highest BCUT2D eigenvalue weighted by molar-refractivity contribution is 7.45. The van der Waals surface area contributed by atoms with E-state index in [0.29, 0.717) is 17.4 Å².